The zero-order valence-electron chi connectivity index (χ0n) is 11.1. The molecule has 0 aromatic heterocycles. The number of aliphatic imine (C=N–C) groups is 1. The van der Waals surface area contributed by atoms with Gasteiger partial charge in [0, 0.05) is 17.8 Å². The van der Waals surface area contributed by atoms with E-state index in [2.05, 4.69) is 4.99 Å². The molecule has 0 saturated carbocycles. The van der Waals surface area contributed by atoms with Gasteiger partial charge in [0.2, 0.25) is 0 Å². The molecule has 0 N–H and O–H groups in total. The van der Waals surface area contributed by atoms with Crippen molar-refractivity contribution in [3.8, 4) is 0 Å². The van der Waals surface area contributed by atoms with E-state index in [9.17, 15) is 4.79 Å². The molecule has 0 bridgehead atoms. The lowest BCUT2D eigenvalue weighted by Crippen LogP contribution is -2.29. The van der Waals surface area contributed by atoms with Crippen LogP contribution in [0, 0.1) is 0 Å². The van der Waals surface area contributed by atoms with Crippen LogP contribution in [0.4, 0.5) is 0 Å². The number of benzene rings is 1. The molecule has 0 spiro atoms. The maximum atomic E-state index is 11.7. The third-order valence-electron chi connectivity index (χ3n) is 3.08. The van der Waals surface area contributed by atoms with Crippen molar-refractivity contribution in [1.29, 1.82) is 0 Å². The molecule has 1 heterocycles. The molecular formula is C15H17ClN2O. The molecule has 1 aliphatic heterocycles. The standard InChI is InChI=1S/C15H17ClN2O/c1-11-7-14(9-18(2)10-15(11)19)17-8-12-3-5-13(16)6-4-12/h3-8,14H,9-10H2,1-2H3. The fourth-order valence-electron chi connectivity index (χ4n) is 2.01. The highest BCUT2D eigenvalue weighted by Gasteiger charge is 2.17. The Balaban J connectivity index is 2.12. The van der Waals surface area contributed by atoms with Crippen LogP contribution in [0.1, 0.15) is 12.5 Å². The molecule has 0 amide bonds. The second-order valence-corrected chi connectivity index (χ2v) is 5.30. The lowest BCUT2D eigenvalue weighted by molar-refractivity contribution is -0.116. The largest absolute Gasteiger partial charge is 0.296 e. The molecule has 1 unspecified atom stereocenters. The minimum atomic E-state index is 0.0205. The second-order valence-electron chi connectivity index (χ2n) is 4.87. The summed E-state index contributed by atoms with van der Waals surface area (Å²) < 4.78 is 0. The molecule has 0 fully saturated rings. The van der Waals surface area contributed by atoms with Crippen LogP contribution in [-0.4, -0.2) is 43.1 Å². The highest BCUT2D eigenvalue weighted by molar-refractivity contribution is 6.30. The molecule has 4 heteroatoms. The first-order valence-corrected chi connectivity index (χ1v) is 6.61. The lowest BCUT2D eigenvalue weighted by atomic mass is 10.1. The minimum absolute atomic E-state index is 0.0205. The van der Waals surface area contributed by atoms with Crippen LogP contribution in [0.15, 0.2) is 40.9 Å². The van der Waals surface area contributed by atoms with Crippen LogP contribution in [0.25, 0.3) is 0 Å². The maximum absolute atomic E-state index is 11.7. The van der Waals surface area contributed by atoms with Gasteiger partial charge in [0.15, 0.2) is 5.78 Å². The van der Waals surface area contributed by atoms with Gasteiger partial charge in [0.1, 0.15) is 0 Å². The van der Waals surface area contributed by atoms with Crippen LogP contribution < -0.4 is 0 Å². The first-order valence-electron chi connectivity index (χ1n) is 6.23. The molecule has 0 aliphatic carbocycles. The third-order valence-corrected chi connectivity index (χ3v) is 3.33. The summed E-state index contributed by atoms with van der Waals surface area (Å²) in [6.45, 7) is 3.08. The summed E-state index contributed by atoms with van der Waals surface area (Å²) in [5.41, 5.74) is 1.80. The Morgan fingerprint density at radius 1 is 1.37 bits per heavy atom. The van der Waals surface area contributed by atoms with Gasteiger partial charge in [-0.1, -0.05) is 29.8 Å². The fourth-order valence-corrected chi connectivity index (χ4v) is 2.13. The monoisotopic (exact) mass is 276 g/mol. The van der Waals surface area contributed by atoms with Crippen molar-refractivity contribution in [2.45, 2.75) is 13.0 Å². The summed E-state index contributed by atoms with van der Waals surface area (Å²) in [5, 5.41) is 0.715. The van der Waals surface area contributed by atoms with Crippen molar-refractivity contribution in [2.75, 3.05) is 20.1 Å². The van der Waals surface area contributed by atoms with Crippen molar-refractivity contribution in [2.24, 2.45) is 4.99 Å². The molecule has 3 nitrogen and oxygen atoms in total. The normalized spacial score (nSPS) is 21.5. The zero-order chi connectivity index (χ0) is 13.8. The van der Waals surface area contributed by atoms with E-state index in [-0.39, 0.29) is 11.8 Å². The summed E-state index contributed by atoms with van der Waals surface area (Å²) in [6.07, 6.45) is 3.77. The minimum Gasteiger partial charge on any atom is -0.296 e. The molecule has 100 valence electrons. The molecule has 2 rings (SSSR count). The Labute approximate surface area is 118 Å². The zero-order valence-corrected chi connectivity index (χ0v) is 11.9. The highest BCUT2D eigenvalue weighted by atomic mass is 35.5. The van der Waals surface area contributed by atoms with Gasteiger partial charge in [0.05, 0.1) is 12.6 Å². The van der Waals surface area contributed by atoms with E-state index in [1.54, 1.807) is 0 Å². The number of halogens is 1. The highest BCUT2D eigenvalue weighted by Crippen LogP contribution is 2.11. The maximum Gasteiger partial charge on any atom is 0.172 e. The molecular weight excluding hydrogens is 260 g/mol. The van der Waals surface area contributed by atoms with Gasteiger partial charge in [-0.15, -0.1) is 0 Å². The molecule has 1 aromatic rings. The number of carbonyl (C=O) groups is 1. The Morgan fingerprint density at radius 2 is 2.05 bits per heavy atom. The van der Waals surface area contributed by atoms with Crippen LogP contribution in [0.3, 0.4) is 0 Å². The predicted molar refractivity (Wildman–Crippen MR) is 79.1 cm³/mol. The van der Waals surface area contributed by atoms with Crippen molar-refractivity contribution < 1.29 is 4.79 Å². The average Bonchev–Trinajstić information content (AvgIpc) is 2.48. The molecule has 1 atom stereocenters. The number of carbonyl (C=O) groups excluding carboxylic acids is 1. The number of hydrogen-bond acceptors (Lipinski definition) is 3. The van der Waals surface area contributed by atoms with Crippen LogP contribution in [0.5, 0.6) is 0 Å². The van der Waals surface area contributed by atoms with Crippen molar-refractivity contribution in [3.63, 3.8) is 0 Å². The molecule has 0 radical (unpaired) electrons. The van der Waals surface area contributed by atoms with Gasteiger partial charge >= 0.3 is 0 Å². The first kappa shape index (κ1) is 14.0. The molecule has 1 aromatic carbocycles. The first-order chi connectivity index (χ1) is 9.04. The van der Waals surface area contributed by atoms with Crippen molar-refractivity contribution in [1.82, 2.24) is 4.90 Å². The lowest BCUT2D eigenvalue weighted by Gasteiger charge is -2.15. The smallest absolute Gasteiger partial charge is 0.172 e. The van der Waals surface area contributed by atoms with E-state index < -0.39 is 0 Å². The van der Waals surface area contributed by atoms with Crippen LogP contribution >= 0.6 is 11.6 Å². The van der Waals surface area contributed by atoms with Gasteiger partial charge in [-0.2, -0.15) is 0 Å². The summed E-state index contributed by atoms with van der Waals surface area (Å²) in [7, 11) is 1.94. The van der Waals surface area contributed by atoms with E-state index in [0.717, 1.165) is 17.7 Å². The number of rotatable bonds is 2. The summed E-state index contributed by atoms with van der Waals surface area (Å²) >= 11 is 5.84. The van der Waals surface area contributed by atoms with Gasteiger partial charge in [-0.25, -0.2) is 0 Å². The van der Waals surface area contributed by atoms with E-state index >= 15 is 0 Å². The van der Waals surface area contributed by atoms with Crippen molar-refractivity contribution in [3.05, 3.63) is 46.5 Å². The van der Waals surface area contributed by atoms with Gasteiger partial charge in [0.25, 0.3) is 0 Å². The van der Waals surface area contributed by atoms with Crippen molar-refractivity contribution >= 4 is 23.6 Å². The van der Waals surface area contributed by atoms with Crippen LogP contribution in [0.2, 0.25) is 5.02 Å². The van der Waals surface area contributed by atoms with Gasteiger partial charge < -0.3 is 0 Å². The van der Waals surface area contributed by atoms with Crippen LogP contribution in [-0.2, 0) is 4.79 Å². The number of likely N-dealkylation sites (N-methyl/N-ethyl adjacent to an activating group) is 1. The Hall–Kier alpha value is -1.45. The molecule has 1 aliphatic rings. The summed E-state index contributed by atoms with van der Waals surface area (Å²) in [4.78, 5) is 18.2. The number of ketones is 1. The third kappa shape index (κ3) is 4.01. The van der Waals surface area contributed by atoms with Gasteiger partial charge in [-0.3, -0.25) is 14.7 Å². The Kier molecular flexibility index (Phi) is 4.51. The van der Waals surface area contributed by atoms with Gasteiger partial charge in [-0.05, 0) is 37.2 Å². The molecule has 19 heavy (non-hydrogen) atoms. The number of nitrogens with zero attached hydrogens (tertiary/aromatic N) is 2. The fraction of sp³-hybridized carbons (Fsp3) is 0.333. The Morgan fingerprint density at radius 3 is 2.74 bits per heavy atom. The number of hydrogen-bond donors (Lipinski definition) is 0. The quantitative estimate of drug-likeness (QED) is 0.778. The van der Waals surface area contributed by atoms with E-state index in [1.807, 2.05) is 55.4 Å². The van der Waals surface area contributed by atoms with E-state index in [4.69, 9.17) is 11.6 Å². The second kappa shape index (κ2) is 6.13. The Bertz CT molecular complexity index is 519. The topological polar surface area (TPSA) is 32.7 Å². The SMILES string of the molecule is CC1=CC(N=Cc2ccc(Cl)cc2)CN(C)CC1=O. The summed E-state index contributed by atoms with van der Waals surface area (Å²) in [5.74, 6) is 0.173. The van der Waals surface area contributed by atoms with E-state index in [1.165, 1.54) is 0 Å². The predicted octanol–water partition coefficient (Wildman–Crippen LogP) is 2.59. The number of Topliss-reactive ketones (excluding diaryl/α,β-unsaturated/α-hetero) is 1. The van der Waals surface area contributed by atoms with E-state index in [0.29, 0.717) is 11.6 Å². The molecule has 0 saturated heterocycles. The summed E-state index contributed by atoms with van der Waals surface area (Å²) in [6, 6.07) is 7.55. The average molecular weight is 277 g/mol.